The smallest absolute Gasteiger partial charge is 0.220 e. The number of carbonyl (C=O) groups is 1. The number of nitrogens with one attached hydrogen (secondary N) is 1. The molecule has 1 heterocycles. The van der Waals surface area contributed by atoms with Crippen LogP contribution in [-0.4, -0.2) is 25.2 Å². The van der Waals surface area contributed by atoms with Gasteiger partial charge in [-0.05, 0) is 62.7 Å². The van der Waals surface area contributed by atoms with E-state index in [9.17, 15) is 4.79 Å². The van der Waals surface area contributed by atoms with Crippen LogP contribution in [0.4, 0.5) is 0 Å². The maximum Gasteiger partial charge on any atom is 0.220 e. The Bertz CT molecular complexity index is 820. The minimum atomic E-state index is -0.350. The molecule has 6 heteroatoms. The van der Waals surface area contributed by atoms with Crippen LogP contribution in [0.25, 0.3) is 0 Å². The van der Waals surface area contributed by atoms with Crippen molar-refractivity contribution in [3.05, 3.63) is 53.1 Å². The van der Waals surface area contributed by atoms with Gasteiger partial charge < -0.3 is 19.5 Å². The molecule has 1 amide bonds. The van der Waals surface area contributed by atoms with Crippen LogP contribution in [0.1, 0.15) is 44.7 Å². The molecule has 0 fully saturated rings. The van der Waals surface area contributed by atoms with Gasteiger partial charge in [-0.25, -0.2) is 0 Å². The molecule has 2 aromatic carbocycles. The molecule has 2 aromatic rings. The van der Waals surface area contributed by atoms with Crippen LogP contribution in [0, 0.1) is 0 Å². The molecule has 0 aromatic heterocycles. The SMILES string of the molecule is COc1ccc2c(c1)[C@@H](NC(=O)CCCOc1ccc(Cl)cc1)CC(C)(C)O2. The predicted octanol–water partition coefficient (Wildman–Crippen LogP) is 4.93. The Morgan fingerprint density at radius 1 is 1.21 bits per heavy atom. The Hall–Kier alpha value is -2.40. The van der Waals surface area contributed by atoms with E-state index in [0.717, 1.165) is 22.8 Å². The van der Waals surface area contributed by atoms with Gasteiger partial charge in [-0.1, -0.05) is 11.6 Å². The van der Waals surface area contributed by atoms with E-state index in [-0.39, 0.29) is 17.6 Å². The molecule has 1 N–H and O–H groups in total. The van der Waals surface area contributed by atoms with Crippen LogP contribution in [0.5, 0.6) is 17.2 Å². The van der Waals surface area contributed by atoms with E-state index >= 15 is 0 Å². The Labute approximate surface area is 170 Å². The highest BCUT2D eigenvalue weighted by molar-refractivity contribution is 6.30. The molecule has 0 radical (unpaired) electrons. The average Bonchev–Trinajstić information content (AvgIpc) is 2.65. The first kappa shape index (κ1) is 20.3. The lowest BCUT2D eigenvalue weighted by atomic mass is 9.89. The molecular weight excluding hydrogens is 378 g/mol. The molecule has 150 valence electrons. The molecule has 0 unspecified atom stereocenters. The monoisotopic (exact) mass is 403 g/mol. The number of ether oxygens (including phenoxy) is 3. The van der Waals surface area contributed by atoms with Gasteiger partial charge in [0.05, 0.1) is 19.8 Å². The third-order valence-electron chi connectivity index (χ3n) is 4.64. The van der Waals surface area contributed by atoms with Crippen LogP contribution < -0.4 is 19.5 Å². The second-order valence-corrected chi connectivity index (χ2v) is 7.93. The molecule has 0 saturated carbocycles. The van der Waals surface area contributed by atoms with E-state index in [0.29, 0.717) is 30.9 Å². The third kappa shape index (κ3) is 5.32. The Morgan fingerprint density at radius 3 is 2.64 bits per heavy atom. The zero-order valence-electron chi connectivity index (χ0n) is 16.5. The molecule has 1 aliphatic heterocycles. The highest BCUT2D eigenvalue weighted by Crippen LogP contribution is 2.41. The summed E-state index contributed by atoms with van der Waals surface area (Å²) >= 11 is 5.86. The number of fused-ring (bicyclic) bond motifs is 1. The fourth-order valence-electron chi connectivity index (χ4n) is 3.31. The highest BCUT2D eigenvalue weighted by atomic mass is 35.5. The van der Waals surface area contributed by atoms with E-state index in [1.165, 1.54) is 0 Å². The van der Waals surface area contributed by atoms with Gasteiger partial charge in [-0.15, -0.1) is 0 Å². The van der Waals surface area contributed by atoms with Gasteiger partial charge in [0.25, 0.3) is 0 Å². The number of carbonyl (C=O) groups excluding carboxylic acids is 1. The minimum Gasteiger partial charge on any atom is -0.497 e. The summed E-state index contributed by atoms with van der Waals surface area (Å²) in [7, 11) is 1.63. The summed E-state index contributed by atoms with van der Waals surface area (Å²) in [6, 6.07) is 12.8. The summed E-state index contributed by atoms with van der Waals surface area (Å²) in [5, 5.41) is 3.81. The summed E-state index contributed by atoms with van der Waals surface area (Å²) in [5.74, 6) is 2.28. The largest absolute Gasteiger partial charge is 0.497 e. The Kier molecular flexibility index (Phi) is 6.35. The third-order valence-corrected chi connectivity index (χ3v) is 4.89. The maximum absolute atomic E-state index is 12.5. The lowest BCUT2D eigenvalue weighted by Crippen LogP contribution is -2.41. The topological polar surface area (TPSA) is 56.8 Å². The van der Waals surface area contributed by atoms with Crippen molar-refractivity contribution in [1.82, 2.24) is 5.32 Å². The number of methoxy groups -OCH3 is 1. The quantitative estimate of drug-likeness (QED) is 0.666. The molecule has 5 nitrogen and oxygen atoms in total. The zero-order chi connectivity index (χ0) is 20.1. The number of rotatable bonds is 7. The van der Waals surface area contributed by atoms with Gasteiger partial charge in [0.2, 0.25) is 5.91 Å². The number of hydrogen-bond donors (Lipinski definition) is 1. The fraction of sp³-hybridized carbons (Fsp3) is 0.409. The first-order valence-corrected chi connectivity index (χ1v) is 9.79. The van der Waals surface area contributed by atoms with Gasteiger partial charge in [0.1, 0.15) is 22.8 Å². The zero-order valence-corrected chi connectivity index (χ0v) is 17.2. The molecule has 3 rings (SSSR count). The summed E-state index contributed by atoms with van der Waals surface area (Å²) in [5.41, 5.74) is 0.599. The normalized spacial score (nSPS) is 17.2. The van der Waals surface area contributed by atoms with Crippen molar-refractivity contribution in [2.75, 3.05) is 13.7 Å². The van der Waals surface area contributed by atoms with Crippen molar-refractivity contribution in [2.45, 2.75) is 44.8 Å². The Balaban J connectivity index is 1.55. The second kappa shape index (κ2) is 8.74. The fourth-order valence-corrected chi connectivity index (χ4v) is 3.43. The molecule has 1 atom stereocenters. The van der Waals surface area contributed by atoms with Crippen LogP contribution in [0.3, 0.4) is 0 Å². The first-order valence-electron chi connectivity index (χ1n) is 9.41. The molecule has 1 aliphatic rings. The van der Waals surface area contributed by atoms with E-state index in [4.69, 9.17) is 25.8 Å². The van der Waals surface area contributed by atoms with E-state index in [2.05, 4.69) is 5.32 Å². The van der Waals surface area contributed by atoms with E-state index in [1.807, 2.05) is 44.2 Å². The van der Waals surface area contributed by atoms with Crippen LogP contribution >= 0.6 is 11.6 Å². The van der Waals surface area contributed by atoms with Gasteiger partial charge in [0, 0.05) is 23.4 Å². The van der Waals surface area contributed by atoms with Crippen molar-refractivity contribution in [3.8, 4) is 17.2 Å². The molecule has 0 saturated heterocycles. The number of hydrogen-bond acceptors (Lipinski definition) is 4. The summed E-state index contributed by atoms with van der Waals surface area (Å²) in [6.07, 6.45) is 1.72. The van der Waals surface area contributed by atoms with Crippen molar-refractivity contribution in [1.29, 1.82) is 0 Å². The first-order chi connectivity index (χ1) is 13.4. The maximum atomic E-state index is 12.5. The average molecular weight is 404 g/mol. The van der Waals surface area contributed by atoms with E-state index < -0.39 is 0 Å². The van der Waals surface area contributed by atoms with Gasteiger partial charge in [-0.3, -0.25) is 4.79 Å². The van der Waals surface area contributed by atoms with Crippen LogP contribution in [0.15, 0.2) is 42.5 Å². The van der Waals surface area contributed by atoms with Crippen LogP contribution in [0.2, 0.25) is 5.02 Å². The highest BCUT2D eigenvalue weighted by Gasteiger charge is 2.34. The summed E-state index contributed by atoms with van der Waals surface area (Å²) in [4.78, 5) is 12.5. The van der Waals surface area contributed by atoms with Crippen molar-refractivity contribution < 1.29 is 19.0 Å². The molecular formula is C22H26ClNO4. The standard InChI is InChI=1S/C22H26ClNO4/c1-22(2)14-19(18-13-17(26-3)10-11-20(18)28-22)24-21(25)5-4-12-27-16-8-6-15(23)7-9-16/h6-11,13,19H,4-5,12,14H2,1-3H3,(H,24,25)/t19-/m0/s1. The second-order valence-electron chi connectivity index (χ2n) is 7.50. The summed E-state index contributed by atoms with van der Waals surface area (Å²) < 4.78 is 17.0. The number of halogens is 1. The van der Waals surface area contributed by atoms with Gasteiger partial charge in [0.15, 0.2) is 0 Å². The minimum absolute atomic E-state index is 0.00354. The lowest BCUT2D eigenvalue weighted by molar-refractivity contribution is -0.122. The predicted molar refractivity (Wildman–Crippen MR) is 109 cm³/mol. The molecule has 0 spiro atoms. The number of benzene rings is 2. The number of amides is 1. The van der Waals surface area contributed by atoms with Gasteiger partial charge >= 0.3 is 0 Å². The van der Waals surface area contributed by atoms with E-state index in [1.54, 1.807) is 19.2 Å². The van der Waals surface area contributed by atoms with Crippen molar-refractivity contribution in [3.63, 3.8) is 0 Å². The molecule has 0 aliphatic carbocycles. The molecule has 0 bridgehead atoms. The van der Waals surface area contributed by atoms with Crippen molar-refractivity contribution >= 4 is 17.5 Å². The lowest BCUT2D eigenvalue weighted by Gasteiger charge is -2.38. The van der Waals surface area contributed by atoms with Crippen LogP contribution in [-0.2, 0) is 4.79 Å². The van der Waals surface area contributed by atoms with Gasteiger partial charge in [-0.2, -0.15) is 0 Å². The Morgan fingerprint density at radius 2 is 1.93 bits per heavy atom. The summed E-state index contributed by atoms with van der Waals surface area (Å²) in [6.45, 7) is 4.53. The van der Waals surface area contributed by atoms with Crippen molar-refractivity contribution in [2.24, 2.45) is 0 Å². The molecule has 28 heavy (non-hydrogen) atoms.